The number of piperidine rings is 1. The van der Waals surface area contributed by atoms with Crippen LogP contribution >= 0.6 is 11.8 Å². The molecule has 0 saturated carbocycles. The summed E-state index contributed by atoms with van der Waals surface area (Å²) in [7, 11) is 0. The third-order valence-corrected chi connectivity index (χ3v) is 7.23. The summed E-state index contributed by atoms with van der Waals surface area (Å²) in [6.45, 7) is 8.26. The molecule has 1 amide bonds. The number of amides is 1. The number of thioether (sulfide) groups is 1. The number of rotatable bonds is 6. The first-order chi connectivity index (χ1) is 15.2. The van der Waals surface area contributed by atoms with Gasteiger partial charge in [0.2, 0.25) is 0 Å². The van der Waals surface area contributed by atoms with Crippen LogP contribution in [0, 0.1) is 5.92 Å². The monoisotopic (exact) mass is 433 g/mol. The number of carbonyl (C=O) groups excluding carboxylic acids is 1. The maximum Gasteiger partial charge on any atom is 0.286 e. The van der Waals surface area contributed by atoms with Gasteiger partial charge in [-0.2, -0.15) is 4.99 Å². The van der Waals surface area contributed by atoms with Crippen molar-refractivity contribution in [2.45, 2.75) is 33.1 Å². The summed E-state index contributed by atoms with van der Waals surface area (Å²) < 4.78 is 0. The van der Waals surface area contributed by atoms with Crippen molar-refractivity contribution >= 4 is 34.6 Å². The topological polar surface area (TPSA) is 35.9 Å². The fourth-order valence-electron chi connectivity index (χ4n) is 4.33. The molecular weight excluding hydrogens is 402 g/mol. The summed E-state index contributed by atoms with van der Waals surface area (Å²) in [6.07, 6.45) is 5.41. The number of anilines is 1. The highest BCUT2D eigenvalue weighted by atomic mass is 32.2. The van der Waals surface area contributed by atoms with E-state index in [1.54, 1.807) is 0 Å². The second-order valence-electron chi connectivity index (χ2n) is 8.19. The van der Waals surface area contributed by atoms with Gasteiger partial charge in [-0.25, -0.2) is 0 Å². The van der Waals surface area contributed by atoms with Crippen LogP contribution < -0.4 is 4.90 Å². The van der Waals surface area contributed by atoms with Crippen LogP contribution in [0.1, 0.15) is 37.8 Å². The summed E-state index contributed by atoms with van der Waals surface area (Å²) in [5.74, 6) is 0.597. The van der Waals surface area contributed by atoms with Gasteiger partial charge in [-0.3, -0.25) is 4.79 Å². The highest BCUT2D eigenvalue weighted by molar-refractivity contribution is 8.18. The number of aliphatic imine (C=N–C) groups is 1. The third-order valence-electron chi connectivity index (χ3n) is 6.18. The van der Waals surface area contributed by atoms with E-state index in [0.29, 0.717) is 5.92 Å². The van der Waals surface area contributed by atoms with Gasteiger partial charge in [0.25, 0.3) is 5.91 Å². The zero-order valence-electron chi connectivity index (χ0n) is 18.5. The van der Waals surface area contributed by atoms with Crippen molar-refractivity contribution in [1.29, 1.82) is 0 Å². The van der Waals surface area contributed by atoms with Gasteiger partial charge in [0.05, 0.1) is 4.91 Å². The molecular formula is C26H31N3OS. The van der Waals surface area contributed by atoms with E-state index in [1.807, 2.05) is 6.08 Å². The molecule has 0 aromatic heterocycles. The largest absolute Gasteiger partial charge is 0.372 e. The van der Waals surface area contributed by atoms with Crippen LogP contribution in [0.5, 0.6) is 0 Å². The minimum atomic E-state index is -0.112. The van der Waals surface area contributed by atoms with Crippen LogP contribution in [0.25, 0.3) is 6.08 Å². The van der Waals surface area contributed by atoms with E-state index in [2.05, 4.69) is 83.2 Å². The number of hydrogen-bond acceptors (Lipinski definition) is 4. The highest BCUT2D eigenvalue weighted by Crippen LogP contribution is 2.33. The summed E-state index contributed by atoms with van der Waals surface area (Å²) in [4.78, 5) is 22.2. The van der Waals surface area contributed by atoms with E-state index in [9.17, 15) is 4.79 Å². The van der Waals surface area contributed by atoms with Crippen molar-refractivity contribution < 1.29 is 4.79 Å². The second-order valence-corrected chi connectivity index (χ2v) is 9.20. The van der Waals surface area contributed by atoms with Gasteiger partial charge >= 0.3 is 0 Å². The maximum absolute atomic E-state index is 12.5. The molecule has 2 aliphatic rings. The summed E-state index contributed by atoms with van der Waals surface area (Å²) >= 11 is 1.52. The fraction of sp³-hybridized carbons (Fsp3) is 0.385. The molecule has 0 radical (unpaired) electrons. The molecule has 31 heavy (non-hydrogen) atoms. The van der Waals surface area contributed by atoms with Gasteiger partial charge in [-0.15, -0.1) is 0 Å². The summed E-state index contributed by atoms with van der Waals surface area (Å²) in [5.41, 5.74) is 3.68. The molecule has 2 aromatic carbocycles. The third kappa shape index (κ3) is 5.40. The van der Waals surface area contributed by atoms with Crippen LogP contribution in [-0.2, 0) is 11.2 Å². The number of nitrogens with zero attached hydrogens (tertiary/aromatic N) is 3. The van der Waals surface area contributed by atoms with Gasteiger partial charge in [-0.05, 0) is 80.1 Å². The van der Waals surface area contributed by atoms with Crippen molar-refractivity contribution in [1.82, 2.24) is 4.90 Å². The summed E-state index contributed by atoms with van der Waals surface area (Å²) in [6, 6.07) is 19.2. The standard InChI is InChI=1S/C26H31N3OS/c1-3-28(4-2)23-12-10-21(11-13-23)19-24-25(30)27-26(31-24)29-16-14-22(15-17-29)18-20-8-6-5-7-9-20/h5-13,19,22H,3-4,14-18H2,1-2H3/b24-19+. The smallest absolute Gasteiger partial charge is 0.286 e. The zero-order valence-corrected chi connectivity index (χ0v) is 19.3. The van der Waals surface area contributed by atoms with Crippen molar-refractivity contribution in [3.8, 4) is 0 Å². The van der Waals surface area contributed by atoms with E-state index in [4.69, 9.17) is 0 Å². The Hall–Kier alpha value is -2.53. The Morgan fingerprint density at radius 3 is 2.35 bits per heavy atom. The molecule has 0 spiro atoms. The number of amidine groups is 1. The Labute approximate surface area is 190 Å². The van der Waals surface area contributed by atoms with Gasteiger partial charge in [-0.1, -0.05) is 42.5 Å². The fourth-order valence-corrected chi connectivity index (χ4v) is 5.30. The number of benzene rings is 2. The van der Waals surface area contributed by atoms with Gasteiger partial charge in [0.1, 0.15) is 0 Å². The lowest BCUT2D eigenvalue weighted by Crippen LogP contribution is -2.37. The lowest BCUT2D eigenvalue weighted by atomic mass is 9.90. The first-order valence-corrected chi connectivity index (χ1v) is 12.1. The van der Waals surface area contributed by atoms with Crippen molar-refractivity contribution in [3.63, 3.8) is 0 Å². The number of hydrogen-bond donors (Lipinski definition) is 0. The lowest BCUT2D eigenvalue weighted by molar-refractivity contribution is -0.113. The molecule has 0 bridgehead atoms. The molecule has 0 unspecified atom stereocenters. The average molecular weight is 434 g/mol. The Balaban J connectivity index is 1.33. The Kier molecular flexibility index (Phi) is 7.13. The minimum absolute atomic E-state index is 0.112. The van der Waals surface area contributed by atoms with Gasteiger partial charge < -0.3 is 9.80 Å². The first-order valence-electron chi connectivity index (χ1n) is 11.3. The average Bonchev–Trinajstić information content (AvgIpc) is 3.17. The minimum Gasteiger partial charge on any atom is -0.372 e. The SMILES string of the molecule is CCN(CC)c1ccc(/C=C2/SC(N3CCC(Cc4ccccc4)CC3)=NC2=O)cc1. The normalized spacial score (nSPS) is 18.5. The molecule has 4 nitrogen and oxygen atoms in total. The van der Waals surface area contributed by atoms with E-state index in [1.165, 1.54) is 23.0 Å². The highest BCUT2D eigenvalue weighted by Gasteiger charge is 2.29. The molecule has 162 valence electrons. The van der Waals surface area contributed by atoms with Crippen LogP contribution in [0.15, 0.2) is 64.5 Å². The zero-order chi connectivity index (χ0) is 21.6. The van der Waals surface area contributed by atoms with Gasteiger partial charge in [0, 0.05) is 31.9 Å². The molecule has 2 aromatic rings. The molecule has 0 N–H and O–H groups in total. The van der Waals surface area contributed by atoms with E-state index in [0.717, 1.165) is 61.1 Å². The van der Waals surface area contributed by atoms with Crippen LogP contribution in [0.3, 0.4) is 0 Å². The van der Waals surface area contributed by atoms with Crippen molar-refractivity contribution in [2.24, 2.45) is 10.9 Å². The Morgan fingerprint density at radius 2 is 1.71 bits per heavy atom. The van der Waals surface area contributed by atoms with E-state index >= 15 is 0 Å². The Bertz CT molecular complexity index is 940. The van der Waals surface area contributed by atoms with Crippen LogP contribution in [-0.4, -0.2) is 42.2 Å². The molecule has 0 atom stereocenters. The van der Waals surface area contributed by atoms with Crippen LogP contribution in [0.4, 0.5) is 5.69 Å². The maximum atomic E-state index is 12.5. The predicted octanol–water partition coefficient (Wildman–Crippen LogP) is 5.46. The van der Waals surface area contributed by atoms with Gasteiger partial charge in [0.15, 0.2) is 5.17 Å². The molecule has 2 aliphatic heterocycles. The van der Waals surface area contributed by atoms with E-state index in [-0.39, 0.29) is 5.91 Å². The molecule has 5 heteroatoms. The number of likely N-dealkylation sites (tertiary alicyclic amines) is 1. The number of carbonyl (C=O) groups is 1. The molecule has 0 aliphatic carbocycles. The van der Waals surface area contributed by atoms with Crippen molar-refractivity contribution in [3.05, 3.63) is 70.6 Å². The van der Waals surface area contributed by atoms with Crippen LogP contribution in [0.2, 0.25) is 0 Å². The quantitative estimate of drug-likeness (QED) is 0.567. The first kappa shape index (κ1) is 21.7. The lowest BCUT2D eigenvalue weighted by Gasteiger charge is -2.32. The molecule has 4 rings (SSSR count). The van der Waals surface area contributed by atoms with Crippen molar-refractivity contribution in [2.75, 3.05) is 31.1 Å². The predicted molar refractivity (Wildman–Crippen MR) is 132 cm³/mol. The molecule has 1 fully saturated rings. The molecule has 2 heterocycles. The van der Waals surface area contributed by atoms with E-state index < -0.39 is 0 Å². The Morgan fingerprint density at radius 1 is 1.03 bits per heavy atom. The molecule has 1 saturated heterocycles. The second kappa shape index (κ2) is 10.2. The summed E-state index contributed by atoms with van der Waals surface area (Å²) in [5, 5.41) is 0.870.